The van der Waals surface area contributed by atoms with Crippen molar-refractivity contribution in [3.8, 4) is 0 Å². The molecular weight excluding hydrogens is 288 g/mol. The molecule has 0 spiro atoms. The van der Waals surface area contributed by atoms with Crippen LogP contribution in [0.5, 0.6) is 0 Å². The molecular formula is C18H24N4O. The van der Waals surface area contributed by atoms with E-state index in [1.807, 2.05) is 13.0 Å². The van der Waals surface area contributed by atoms with Gasteiger partial charge in [0.05, 0.1) is 12.3 Å². The smallest absolute Gasteiger partial charge is 0.225 e. The number of aromatic nitrogens is 2. The van der Waals surface area contributed by atoms with Crippen LogP contribution in [0.1, 0.15) is 42.5 Å². The van der Waals surface area contributed by atoms with E-state index in [2.05, 4.69) is 52.6 Å². The topological polar surface area (TPSA) is 70.1 Å². The number of nitrogens with one attached hydrogen (secondary N) is 2. The molecule has 2 aromatic rings. The number of nitrogens with zero attached hydrogens (tertiary/aromatic N) is 2. The van der Waals surface area contributed by atoms with Gasteiger partial charge in [-0.1, -0.05) is 12.1 Å². The zero-order valence-corrected chi connectivity index (χ0v) is 13.9. The summed E-state index contributed by atoms with van der Waals surface area (Å²) in [6.07, 6.45) is 2.38. The summed E-state index contributed by atoms with van der Waals surface area (Å²) >= 11 is 0. The average Bonchev–Trinajstić information content (AvgIpc) is 3.35. The lowest BCUT2D eigenvalue weighted by Crippen LogP contribution is -2.21. The Morgan fingerprint density at radius 1 is 1.22 bits per heavy atom. The number of hydrogen-bond acceptors (Lipinski definition) is 5. The highest BCUT2D eigenvalue weighted by molar-refractivity contribution is 5.62. The lowest BCUT2D eigenvalue weighted by molar-refractivity contribution is 0.281. The first-order valence-corrected chi connectivity index (χ1v) is 8.16. The van der Waals surface area contributed by atoms with Crippen LogP contribution in [0, 0.1) is 13.8 Å². The van der Waals surface area contributed by atoms with Gasteiger partial charge in [-0.05, 0) is 50.8 Å². The van der Waals surface area contributed by atoms with Crippen LogP contribution in [0.3, 0.4) is 0 Å². The van der Waals surface area contributed by atoms with Gasteiger partial charge >= 0.3 is 0 Å². The van der Waals surface area contributed by atoms with Gasteiger partial charge in [-0.25, -0.2) is 4.98 Å². The van der Waals surface area contributed by atoms with Gasteiger partial charge in [-0.2, -0.15) is 4.98 Å². The summed E-state index contributed by atoms with van der Waals surface area (Å²) in [4.78, 5) is 9.14. The second-order valence-electron chi connectivity index (χ2n) is 6.45. The first-order valence-electron chi connectivity index (χ1n) is 8.16. The zero-order chi connectivity index (χ0) is 16.4. The molecule has 1 saturated carbocycles. The van der Waals surface area contributed by atoms with Crippen molar-refractivity contribution in [1.82, 2.24) is 9.97 Å². The Morgan fingerprint density at radius 3 is 2.70 bits per heavy atom. The molecule has 0 unspecified atom stereocenters. The lowest BCUT2D eigenvalue weighted by Gasteiger charge is -2.15. The molecule has 122 valence electrons. The van der Waals surface area contributed by atoms with Crippen molar-refractivity contribution < 1.29 is 5.11 Å². The highest BCUT2D eigenvalue weighted by Crippen LogP contribution is 2.40. The van der Waals surface area contributed by atoms with Crippen molar-refractivity contribution in [1.29, 1.82) is 0 Å². The van der Waals surface area contributed by atoms with E-state index in [0.29, 0.717) is 11.9 Å². The van der Waals surface area contributed by atoms with Crippen molar-refractivity contribution in [3.63, 3.8) is 0 Å². The maximum Gasteiger partial charge on any atom is 0.225 e. The predicted octanol–water partition coefficient (Wildman–Crippen LogP) is 3.51. The highest BCUT2D eigenvalue weighted by Gasteiger charge is 2.26. The van der Waals surface area contributed by atoms with Crippen LogP contribution in [-0.4, -0.2) is 27.7 Å². The summed E-state index contributed by atoms with van der Waals surface area (Å²) in [5.41, 5.74) is 4.52. The number of rotatable bonds is 6. The third-order valence-electron chi connectivity index (χ3n) is 4.05. The predicted molar refractivity (Wildman–Crippen MR) is 93.4 cm³/mol. The molecule has 3 N–H and O–H groups in total. The fourth-order valence-corrected chi connectivity index (χ4v) is 2.46. The molecule has 0 amide bonds. The Bertz CT molecular complexity index is 697. The van der Waals surface area contributed by atoms with Gasteiger partial charge in [-0.3, -0.25) is 0 Å². The molecule has 1 heterocycles. The fourth-order valence-electron chi connectivity index (χ4n) is 2.46. The third-order valence-corrected chi connectivity index (χ3v) is 4.05. The maximum absolute atomic E-state index is 9.22. The van der Waals surface area contributed by atoms with E-state index in [-0.39, 0.29) is 12.6 Å². The van der Waals surface area contributed by atoms with Crippen LogP contribution in [0.2, 0.25) is 0 Å². The van der Waals surface area contributed by atoms with Crippen molar-refractivity contribution in [2.24, 2.45) is 0 Å². The van der Waals surface area contributed by atoms with Crippen LogP contribution in [0.4, 0.5) is 17.5 Å². The molecule has 1 aromatic carbocycles. The average molecular weight is 312 g/mol. The third kappa shape index (κ3) is 3.99. The number of hydrogen-bond donors (Lipinski definition) is 3. The first-order chi connectivity index (χ1) is 11.0. The molecule has 1 atom stereocenters. The maximum atomic E-state index is 9.22. The Morgan fingerprint density at radius 2 is 2.00 bits per heavy atom. The molecule has 1 aromatic heterocycles. The van der Waals surface area contributed by atoms with Crippen molar-refractivity contribution in [2.45, 2.75) is 45.6 Å². The standard InChI is InChI=1S/C18H24N4O/c1-11-4-5-12(2)15(8-11)20-17-9-16(14-6-7-14)21-18(22-17)19-13(3)10-23/h4-5,8-9,13-14,23H,6-7,10H2,1-3H3,(H2,19,20,21,22)/t13-/m0/s1. The van der Waals surface area contributed by atoms with Gasteiger partial charge < -0.3 is 15.7 Å². The largest absolute Gasteiger partial charge is 0.394 e. The number of aryl methyl sites for hydroxylation is 2. The Balaban J connectivity index is 1.89. The molecule has 1 fully saturated rings. The van der Waals surface area contributed by atoms with Gasteiger partial charge in [0.1, 0.15) is 5.82 Å². The van der Waals surface area contributed by atoms with Crippen LogP contribution in [0.25, 0.3) is 0 Å². The SMILES string of the molecule is Cc1ccc(C)c(Nc2cc(C3CC3)nc(N[C@@H](C)CO)n2)c1. The molecule has 5 nitrogen and oxygen atoms in total. The summed E-state index contributed by atoms with van der Waals surface area (Å²) in [5.74, 6) is 1.91. The van der Waals surface area contributed by atoms with E-state index < -0.39 is 0 Å². The molecule has 3 rings (SSSR count). The summed E-state index contributed by atoms with van der Waals surface area (Å²) in [6, 6.07) is 8.30. The molecule has 0 bridgehead atoms. The molecule has 1 aliphatic carbocycles. The van der Waals surface area contributed by atoms with Gasteiger partial charge in [-0.15, -0.1) is 0 Å². The summed E-state index contributed by atoms with van der Waals surface area (Å²) in [5, 5.41) is 15.8. The first kappa shape index (κ1) is 15.7. The minimum atomic E-state index is -0.0713. The molecule has 1 aliphatic rings. The van der Waals surface area contributed by atoms with Gasteiger partial charge in [0.15, 0.2) is 0 Å². The van der Waals surface area contributed by atoms with Crippen LogP contribution >= 0.6 is 0 Å². The molecule has 0 aliphatic heterocycles. The van der Waals surface area contributed by atoms with Gasteiger partial charge in [0, 0.05) is 23.7 Å². The monoisotopic (exact) mass is 312 g/mol. The van der Waals surface area contributed by atoms with Crippen LogP contribution in [0.15, 0.2) is 24.3 Å². The van der Waals surface area contributed by atoms with E-state index in [1.54, 1.807) is 0 Å². The normalized spacial score (nSPS) is 15.3. The lowest BCUT2D eigenvalue weighted by atomic mass is 10.1. The second-order valence-corrected chi connectivity index (χ2v) is 6.45. The van der Waals surface area contributed by atoms with E-state index in [1.165, 1.54) is 24.0 Å². The zero-order valence-electron chi connectivity index (χ0n) is 13.9. The van der Waals surface area contributed by atoms with E-state index >= 15 is 0 Å². The van der Waals surface area contributed by atoms with E-state index in [9.17, 15) is 5.11 Å². The van der Waals surface area contributed by atoms with Crippen LogP contribution < -0.4 is 10.6 Å². The molecule has 23 heavy (non-hydrogen) atoms. The summed E-state index contributed by atoms with van der Waals surface area (Å²) < 4.78 is 0. The van der Waals surface area contributed by atoms with Crippen molar-refractivity contribution in [3.05, 3.63) is 41.1 Å². The number of benzene rings is 1. The molecule has 5 heteroatoms. The minimum Gasteiger partial charge on any atom is -0.394 e. The highest BCUT2D eigenvalue weighted by atomic mass is 16.3. The fraction of sp³-hybridized carbons (Fsp3) is 0.444. The Labute approximate surface area is 137 Å². The summed E-state index contributed by atoms with van der Waals surface area (Å²) in [7, 11) is 0. The second kappa shape index (κ2) is 6.54. The number of aliphatic hydroxyl groups excluding tert-OH is 1. The number of anilines is 3. The van der Waals surface area contributed by atoms with Crippen molar-refractivity contribution in [2.75, 3.05) is 17.2 Å². The van der Waals surface area contributed by atoms with E-state index in [4.69, 9.17) is 0 Å². The molecule has 0 radical (unpaired) electrons. The minimum absolute atomic E-state index is 0.0523. The quantitative estimate of drug-likeness (QED) is 0.761. The molecule has 0 saturated heterocycles. The Kier molecular flexibility index (Phi) is 4.48. The number of aliphatic hydroxyl groups is 1. The summed E-state index contributed by atoms with van der Waals surface area (Å²) in [6.45, 7) is 6.12. The van der Waals surface area contributed by atoms with Gasteiger partial charge in [0.2, 0.25) is 5.95 Å². The Hall–Kier alpha value is -2.14. The van der Waals surface area contributed by atoms with Crippen molar-refractivity contribution >= 4 is 17.5 Å². The van der Waals surface area contributed by atoms with Gasteiger partial charge in [0.25, 0.3) is 0 Å². The van der Waals surface area contributed by atoms with Crippen LogP contribution in [-0.2, 0) is 0 Å². The van der Waals surface area contributed by atoms with E-state index in [0.717, 1.165) is 17.2 Å².